The fraction of sp³-hybridized carbons (Fsp3) is 0.476. The average Bonchev–Trinajstić information content (AvgIpc) is 3.40. The van der Waals surface area contributed by atoms with Gasteiger partial charge >= 0.3 is 0 Å². The number of hydrogen-bond acceptors (Lipinski definition) is 7. The highest BCUT2D eigenvalue weighted by molar-refractivity contribution is 6.88. The van der Waals surface area contributed by atoms with Crippen molar-refractivity contribution in [2.45, 2.75) is 18.9 Å². The van der Waals surface area contributed by atoms with E-state index in [1.807, 2.05) is 6.08 Å². The van der Waals surface area contributed by atoms with E-state index in [-0.39, 0.29) is 11.9 Å². The zero-order valence-electron chi connectivity index (χ0n) is 17.7. The lowest BCUT2D eigenvalue weighted by Crippen LogP contribution is -2.40. The number of amidine groups is 2. The molecule has 0 aromatic heterocycles. The van der Waals surface area contributed by atoms with Crippen LogP contribution < -0.4 is 26.3 Å². The summed E-state index contributed by atoms with van der Waals surface area (Å²) >= 11 is 0. The molecule has 1 aromatic carbocycles. The smallest absolute Gasteiger partial charge is 0.247 e. The van der Waals surface area contributed by atoms with E-state index in [0.717, 1.165) is 56.0 Å². The molecule has 1 saturated heterocycles. The van der Waals surface area contributed by atoms with E-state index in [0.29, 0.717) is 25.4 Å². The number of aliphatic imine (C=N–C) groups is 2. The number of dihydropyridines is 1. The molecule has 3 N–H and O–H groups in total. The Morgan fingerprint density at radius 2 is 2.33 bits per heavy atom. The number of benzene rings is 1. The van der Waals surface area contributed by atoms with Gasteiger partial charge in [0.2, 0.25) is 13.2 Å². The molecule has 1 fully saturated rings. The van der Waals surface area contributed by atoms with Crippen LogP contribution in [0.25, 0.3) is 0 Å². The van der Waals surface area contributed by atoms with Crippen molar-refractivity contribution in [3.63, 3.8) is 0 Å². The fourth-order valence-electron chi connectivity index (χ4n) is 3.89. The van der Waals surface area contributed by atoms with Gasteiger partial charge in [0.15, 0.2) is 0 Å². The van der Waals surface area contributed by atoms with E-state index in [1.165, 1.54) is 5.46 Å². The third kappa shape index (κ3) is 4.91. The molecule has 158 valence electrons. The van der Waals surface area contributed by atoms with Gasteiger partial charge in [-0.1, -0.05) is 0 Å². The van der Waals surface area contributed by atoms with Crippen molar-refractivity contribution in [2.75, 3.05) is 51.8 Å². The molecular formula is C21H29BN6O2. The van der Waals surface area contributed by atoms with E-state index >= 15 is 0 Å². The maximum absolute atomic E-state index is 12.6. The van der Waals surface area contributed by atoms with Crippen LogP contribution >= 0.6 is 0 Å². The third-order valence-corrected chi connectivity index (χ3v) is 5.68. The summed E-state index contributed by atoms with van der Waals surface area (Å²) in [6.07, 6.45) is 3.51. The number of hydrogen-bond donors (Lipinski definition) is 3. The predicted octanol–water partition coefficient (Wildman–Crippen LogP) is -0.372. The van der Waals surface area contributed by atoms with Crippen molar-refractivity contribution in [1.82, 2.24) is 16.0 Å². The summed E-state index contributed by atoms with van der Waals surface area (Å²) in [5.41, 5.74) is 4.95. The summed E-state index contributed by atoms with van der Waals surface area (Å²) in [6.45, 7) is 3.94. The zero-order chi connectivity index (χ0) is 20.9. The van der Waals surface area contributed by atoms with E-state index in [2.05, 4.69) is 51.1 Å². The van der Waals surface area contributed by atoms with Crippen molar-refractivity contribution in [2.24, 2.45) is 9.98 Å². The SMILES string of the molecule is COCCN(C)c1ccc2c(c1)BC(NC1=NCCC(C(=O)N[C@@H]3CCNC3)=C1)=N2. The molecule has 30 heavy (non-hydrogen) atoms. The summed E-state index contributed by atoms with van der Waals surface area (Å²) in [5.74, 6) is 0.721. The number of ether oxygens (including phenoxy) is 1. The van der Waals surface area contributed by atoms with Gasteiger partial charge in [-0.2, -0.15) is 0 Å². The number of anilines is 1. The van der Waals surface area contributed by atoms with E-state index < -0.39 is 0 Å². The summed E-state index contributed by atoms with van der Waals surface area (Å²) in [5, 5.41) is 9.71. The molecule has 4 rings (SSSR count). The number of nitrogens with zero attached hydrogens (tertiary/aromatic N) is 3. The van der Waals surface area contributed by atoms with Crippen molar-refractivity contribution >= 4 is 41.6 Å². The molecule has 8 nitrogen and oxygen atoms in total. The summed E-state index contributed by atoms with van der Waals surface area (Å²) in [7, 11) is 4.50. The second-order valence-electron chi connectivity index (χ2n) is 7.94. The lowest BCUT2D eigenvalue weighted by atomic mass is 9.70. The molecule has 0 saturated carbocycles. The molecule has 0 aliphatic carbocycles. The predicted molar refractivity (Wildman–Crippen MR) is 123 cm³/mol. The van der Waals surface area contributed by atoms with Gasteiger partial charge in [-0.3, -0.25) is 9.79 Å². The number of carbonyl (C=O) groups excluding carboxylic acids is 1. The lowest BCUT2D eigenvalue weighted by molar-refractivity contribution is -0.118. The van der Waals surface area contributed by atoms with Gasteiger partial charge in [0.25, 0.3) is 0 Å². The first-order valence-electron chi connectivity index (χ1n) is 10.6. The molecule has 1 atom stereocenters. The van der Waals surface area contributed by atoms with Crippen LogP contribution in [0.4, 0.5) is 11.4 Å². The monoisotopic (exact) mass is 408 g/mol. The van der Waals surface area contributed by atoms with Crippen LogP contribution in [-0.2, 0) is 9.53 Å². The van der Waals surface area contributed by atoms with Crippen molar-refractivity contribution < 1.29 is 9.53 Å². The van der Waals surface area contributed by atoms with E-state index in [1.54, 1.807) is 7.11 Å². The van der Waals surface area contributed by atoms with Gasteiger partial charge in [-0.25, -0.2) is 4.99 Å². The second kappa shape index (κ2) is 9.44. The Hall–Kier alpha value is -2.65. The number of fused-ring (bicyclic) bond motifs is 1. The van der Waals surface area contributed by atoms with Gasteiger partial charge < -0.3 is 25.6 Å². The van der Waals surface area contributed by atoms with E-state index in [9.17, 15) is 4.79 Å². The quantitative estimate of drug-likeness (QED) is 0.559. The number of amides is 1. The standard InChI is InChI=1S/C21H29BN6O2/c1-28(9-10-30-2)16-3-4-18-17(12-16)22-21(26-18)27-19-11-14(5-8-24-19)20(29)25-15-6-7-23-13-15/h3-4,11-12,15,22-23H,5-10,13H2,1-2H3,(H,25,29)(H,24,26,27)/t15-/m1/s1. The molecule has 9 heteroatoms. The maximum Gasteiger partial charge on any atom is 0.247 e. The highest BCUT2D eigenvalue weighted by Gasteiger charge is 2.22. The van der Waals surface area contributed by atoms with Crippen LogP contribution in [0.15, 0.2) is 39.8 Å². The molecule has 1 aromatic rings. The van der Waals surface area contributed by atoms with Crippen LogP contribution in [0.2, 0.25) is 0 Å². The summed E-state index contributed by atoms with van der Waals surface area (Å²) < 4.78 is 5.17. The van der Waals surface area contributed by atoms with Crippen LogP contribution in [0.1, 0.15) is 12.8 Å². The number of methoxy groups -OCH3 is 1. The molecule has 0 spiro atoms. The van der Waals surface area contributed by atoms with Crippen LogP contribution in [0.3, 0.4) is 0 Å². The molecular weight excluding hydrogens is 379 g/mol. The van der Waals surface area contributed by atoms with Gasteiger partial charge in [0.1, 0.15) is 5.84 Å². The Balaban J connectivity index is 1.36. The minimum Gasteiger partial charge on any atom is -0.383 e. The van der Waals surface area contributed by atoms with Crippen molar-refractivity contribution in [1.29, 1.82) is 0 Å². The molecule has 3 heterocycles. The number of carbonyl (C=O) groups is 1. The minimum absolute atomic E-state index is 0.0123. The molecule has 0 unspecified atom stereocenters. The summed E-state index contributed by atoms with van der Waals surface area (Å²) in [6, 6.07) is 6.53. The molecule has 0 bridgehead atoms. The Bertz CT molecular complexity index is 891. The molecule has 3 aliphatic rings. The zero-order valence-corrected chi connectivity index (χ0v) is 17.7. The molecule has 1 amide bonds. The topological polar surface area (TPSA) is 90.3 Å². The fourth-order valence-corrected chi connectivity index (χ4v) is 3.89. The Morgan fingerprint density at radius 1 is 1.43 bits per heavy atom. The number of rotatable bonds is 6. The third-order valence-electron chi connectivity index (χ3n) is 5.68. The Kier molecular flexibility index (Phi) is 6.49. The first-order valence-corrected chi connectivity index (χ1v) is 10.6. The van der Waals surface area contributed by atoms with Gasteiger partial charge in [-0.15, -0.1) is 0 Å². The first-order chi connectivity index (χ1) is 14.6. The van der Waals surface area contributed by atoms with Crippen LogP contribution in [0, 0.1) is 0 Å². The molecule has 0 radical (unpaired) electrons. The van der Waals surface area contributed by atoms with Gasteiger partial charge in [0, 0.05) is 51.1 Å². The highest BCUT2D eigenvalue weighted by Crippen LogP contribution is 2.20. The number of likely N-dealkylation sites (N-methyl/N-ethyl adjacent to an activating group) is 1. The summed E-state index contributed by atoms with van der Waals surface area (Å²) in [4.78, 5) is 24.0. The maximum atomic E-state index is 12.6. The van der Waals surface area contributed by atoms with Crippen LogP contribution in [0.5, 0.6) is 0 Å². The minimum atomic E-state index is 0.0123. The first kappa shape index (κ1) is 20.6. The Morgan fingerprint density at radius 3 is 3.13 bits per heavy atom. The van der Waals surface area contributed by atoms with E-state index in [4.69, 9.17) is 9.73 Å². The largest absolute Gasteiger partial charge is 0.383 e. The van der Waals surface area contributed by atoms with Crippen molar-refractivity contribution in [3.05, 3.63) is 29.8 Å². The van der Waals surface area contributed by atoms with Gasteiger partial charge in [0.05, 0.1) is 18.0 Å². The normalized spacial score (nSPS) is 19.9. The number of nitrogens with one attached hydrogen (secondary N) is 3. The average molecular weight is 408 g/mol. The van der Waals surface area contributed by atoms with Crippen LogP contribution in [-0.4, -0.2) is 77.7 Å². The Labute approximate surface area is 178 Å². The molecule has 3 aliphatic heterocycles. The highest BCUT2D eigenvalue weighted by atomic mass is 16.5. The second-order valence-corrected chi connectivity index (χ2v) is 7.94. The van der Waals surface area contributed by atoms with Gasteiger partial charge in [-0.05, 0) is 49.1 Å². The van der Waals surface area contributed by atoms with Crippen molar-refractivity contribution in [3.8, 4) is 0 Å². The lowest BCUT2D eigenvalue weighted by Gasteiger charge is -2.19.